The summed E-state index contributed by atoms with van der Waals surface area (Å²) in [5, 5.41) is 45.3. The van der Waals surface area contributed by atoms with Gasteiger partial charge in [0.25, 0.3) is 0 Å². The molecule has 12 nitrogen and oxygen atoms in total. The predicted octanol–water partition coefficient (Wildman–Crippen LogP) is -2.36. The van der Waals surface area contributed by atoms with E-state index in [4.69, 9.17) is 18.9 Å². The fourth-order valence-corrected chi connectivity index (χ4v) is 4.41. The van der Waals surface area contributed by atoms with Crippen LogP contribution in [0.3, 0.4) is 0 Å². The van der Waals surface area contributed by atoms with Crippen LogP contribution in [0.5, 0.6) is 0 Å². The summed E-state index contributed by atoms with van der Waals surface area (Å²) in [5.74, 6) is -0.708. The Labute approximate surface area is 224 Å². The minimum absolute atomic E-state index is 0. The Hall–Kier alpha value is -0.276. The van der Waals surface area contributed by atoms with Crippen LogP contribution in [0.1, 0.15) is 32.6 Å². The Morgan fingerprint density at radius 2 is 1.76 bits per heavy atom. The van der Waals surface area contributed by atoms with Gasteiger partial charge in [-0.15, -0.1) is 0 Å². The molecule has 0 spiro atoms. The molecule has 13 heteroatoms. The van der Waals surface area contributed by atoms with Gasteiger partial charge in [-0.05, 0) is 19.3 Å². The molecule has 1 radical (unpaired) electrons. The first-order valence-electron chi connectivity index (χ1n) is 11.2. The van der Waals surface area contributed by atoms with Crippen molar-refractivity contribution in [2.75, 3.05) is 34.0 Å². The Morgan fingerprint density at radius 1 is 1.06 bits per heavy atom. The summed E-state index contributed by atoms with van der Waals surface area (Å²) < 4.78 is 21.6. The second-order valence-electron chi connectivity index (χ2n) is 8.58. The summed E-state index contributed by atoms with van der Waals surface area (Å²) in [6.07, 6.45) is -4.24. The molecule has 0 aromatic carbocycles. The van der Waals surface area contributed by atoms with Crippen molar-refractivity contribution in [2.45, 2.75) is 81.5 Å². The summed E-state index contributed by atoms with van der Waals surface area (Å²) >= 11 is 0. The van der Waals surface area contributed by atoms with Crippen molar-refractivity contribution >= 4 is 11.8 Å². The van der Waals surface area contributed by atoms with E-state index in [1.165, 1.54) is 14.0 Å². The second kappa shape index (κ2) is 15.8. The number of carbonyl (C=O) groups is 2. The molecule has 1 heterocycles. The number of unbranched alkanes of at least 4 members (excludes halogenated alkanes) is 1. The fourth-order valence-electron chi connectivity index (χ4n) is 4.41. The number of hydrogen-bond donors (Lipinski definition) is 6. The van der Waals surface area contributed by atoms with Crippen molar-refractivity contribution in [3.63, 3.8) is 0 Å². The third-order valence-electron chi connectivity index (χ3n) is 6.10. The van der Waals surface area contributed by atoms with Crippen LogP contribution in [0.25, 0.3) is 0 Å². The van der Waals surface area contributed by atoms with Crippen LogP contribution in [0.4, 0.5) is 0 Å². The number of nitrogens with one attached hydrogen (secondary N) is 2. The molecule has 195 valence electrons. The monoisotopic (exact) mass is 567 g/mol. The Bertz CT molecular complexity index is 630. The summed E-state index contributed by atoms with van der Waals surface area (Å²) in [7, 11) is 3.06. The van der Waals surface area contributed by atoms with E-state index in [1.54, 1.807) is 7.11 Å². The Balaban J connectivity index is 0.00000578. The predicted molar refractivity (Wildman–Crippen MR) is 114 cm³/mol. The average molecular weight is 567 g/mol. The van der Waals surface area contributed by atoms with Crippen molar-refractivity contribution in [1.82, 2.24) is 10.6 Å². The van der Waals surface area contributed by atoms with Crippen molar-refractivity contribution in [3.8, 4) is 0 Å². The third kappa shape index (κ3) is 8.68. The zero-order chi connectivity index (χ0) is 24.5. The molecule has 1 unspecified atom stereocenters. The first-order chi connectivity index (χ1) is 15.7. The normalized spacial score (nSPS) is 35.4. The van der Waals surface area contributed by atoms with E-state index < -0.39 is 55.4 Å². The fraction of sp³-hybridized carbons (Fsp3) is 0.905. The number of carbonyl (C=O) groups excluding carboxylic acids is 2. The van der Waals surface area contributed by atoms with E-state index in [-0.39, 0.29) is 63.6 Å². The van der Waals surface area contributed by atoms with Gasteiger partial charge in [0.05, 0.1) is 25.4 Å². The Kier molecular flexibility index (Phi) is 14.7. The summed E-state index contributed by atoms with van der Waals surface area (Å²) in [6, 6.07) is -1.30. The second-order valence-corrected chi connectivity index (χ2v) is 8.58. The number of aliphatic hydroxyl groups is 4. The van der Waals surface area contributed by atoms with Gasteiger partial charge in [0, 0.05) is 72.8 Å². The van der Waals surface area contributed by atoms with Crippen molar-refractivity contribution in [2.24, 2.45) is 5.92 Å². The molecule has 0 aromatic rings. The van der Waals surface area contributed by atoms with Gasteiger partial charge in [0.2, 0.25) is 11.8 Å². The van der Waals surface area contributed by atoms with E-state index in [0.717, 1.165) is 0 Å². The SMILES string of the molecule is COC[C@H]1C[C@H](NC(=O)CCCCO[C@@H]2O[C@H](CO)[C@H](O)[C@H](O)[C@H]2NC(C)=O)[C@@H](OC)C1O.[Y]. The molecule has 2 amide bonds. The van der Waals surface area contributed by atoms with Crippen LogP contribution in [-0.4, -0.2) is 115 Å². The van der Waals surface area contributed by atoms with Crippen LogP contribution >= 0.6 is 0 Å². The van der Waals surface area contributed by atoms with Gasteiger partial charge in [-0.3, -0.25) is 9.59 Å². The van der Waals surface area contributed by atoms with E-state index in [1.807, 2.05) is 0 Å². The maximum absolute atomic E-state index is 12.3. The smallest absolute Gasteiger partial charge is 0.220 e. The topological polar surface area (TPSA) is 176 Å². The van der Waals surface area contributed by atoms with Gasteiger partial charge >= 0.3 is 0 Å². The van der Waals surface area contributed by atoms with E-state index in [2.05, 4.69) is 10.6 Å². The number of ether oxygens (including phenoxy) is 4. The van der Waals surface area contributed by atoms with E-state index in [0.29, 0.717) is 25.9 Å². The number of aliphatic hydroxyl groups excluding tert-OH is 4. The number of methoxy groups -OCH3 is 2. The zero-order valence-corrected chi connectivity index (χ0v) is 22.8. The molecule has 1 aliphatic heterocycles. The zero-order valence-electron chi connectivity index (χ0n) is 20.0. The number of hydrogen-bond acceptors (Lipinski definition) is 10. The van der Waals surface area contributed by atoms with E-state index >= 15 is 0 Å². The van der Waals surface area contributed by atoms with Gasteiger partial charge in [-0.2, -0.15) is 0 Å². The molecule has 9 atom stereocenters. The van der Waals surface area contributed by atoms with Crippen LogP contribution in [-0.2, 0) is 61.2 Å². The van der Waals surface area contributed by atoms with Crippen molar-refractivity contribution in [3.05, 3.63) is 0 Å². The van der Waals surface area contributed by atoms with Crippen LogP contribution < -0.4 is 10.6 Å². The molecule has 0 bridgehead atoms. The minimum Gasteiger partial charge on any atom is -0.394 e. The summed E-state index contributed by atoms with van der Waals surface area (Å²) in [5.41, 5.74) is 0. The molecule has 6 N–H and O–H groups in total. The van der Waals surface area contributed by atoms with Gasteiger partial charge in [0.1, 0.15) is 30.5 Å². The van der Waals surface area contributed by atoms with Crippen LogP contribution in [0.2, 0.25) is 0 Å². The maximum atomic E-state index is 12.3. The molecule has 2 fully saturated rings. The molecule has 1 aliphatic carbocycles. The van der Waals surface area contributed by atoms with Crippen molar-refractivity contribution < 1.29 is 81.7 Å². The number of rotatable bonds is 12. The standard InChI is InChI=1S/C21H38N2O10.Y/c1-11(25)22-16-19(29)18(28)14(9-24)33-21(16)32-7-5-4-6-15(26)23-13-8-12(10-30-2)17(27)20(13)31-3;/h12-14,16-21,24,27-29H,4-10H2,1-3H3,(H,22,25)(H,23,26);/t12-,13+,14-,16-,17?,18+,19-,20-,21-;/m1./s1. The quantitative estimate of drug-likeness (QED) is 0.140. The molecule has 34 heavy (non-hydrogen) atoms. The molecule has 0 aromatic heterocycles. The average Bonchev–Trinajstić information content (AvgIpc) is 3.06. The molecule has 2 aliphatic rings. The van der Waals surface area contributed by atoms with Gasteiger partial charge in [-0.25, -0.2) is 0 Å². The van der Waals surface area contributed by atoms with Crippen LogP contribution in [0.15, 0.2) is 0 Å². The van der Waals surface area contributed by atoms with E-state index in [9.17, 15) is 30.0 Å². The summed E-state index contributed by atoms with van der Waals surface area (Å²) in [4.78, 5) is 23.8. The van der Waals surface area contributed by atoms with Crippen molar-refractivity contribution in [1.29, 1.82) is 0 Å². The Morgan fingerprint density at radius 3 is 2.35 bits per heavy atom. The van der Waals surface area contributed by atoms with Crippen LogP contribution in [0, 0.1) is 5.92 Å². The maximum Gasteiger partial charge on any atom is 0.220 e. The largest absolute Gasteiger partial charge is 0.394 e. The molecule has 1 saturated carbocycles. The molecule has 2 rings (SSSR count). The minimum atomic E-state index is -1.37. The molecule has 1 saturated heterocycles. The number of amides is 2. The van der Waals surface area contributed by atoms with Gasteiger partial charge in [0.15, 0.2) is 6.29 Å². The third-order valence-corrected chi connectivity index (χ3v) is 6.10. The summed E-state index contributed by atoms with van der Waals surface area (Å²) in [6.45, 7) is 1.31. The first kappa shape index (κ1) is 31.8. The molecular weight excluding hydrogens is 529 g/mol. The first-order valence-corrected chi connectivity index (χ1v) is 11.2. The molecular formula is C21H38N2O10Y. The van der Waals surface area contributed by atoms with Gasteiger partial charge in [-0.1, -0.05) is 0 Å². The van der Waals surface area contributed by atoms with Gasteiger partial charge < -0.3 is 50.0 Å².